The molecule has 3 nitrogen and oxygen atoms in total. The maximum atomic E-state index is 9.06. The Morgan fingerprint density at radius 3 is 2.36 bits per heavy atom. The van der Waals surface area contributed by atoms with Crippen LogP contribution in [0, 0.1) is 0 Å². The van der Waals surface area contributed by atoms with Gasteiger partial charge in [0.2, 0.25) is 0 Å². The predicted octanol–water partition coefficient (Wildman–Crippen LogP) is 0.713. The van der Waals surface area contributed by atoms with Crippen LogP contribution in [0.3, 0.4) is 0 Å². The number of hydrogen-bond donors (Lipinski definition) is 2. The first-order valence-electron chi connectivity index (χ1n) is 5.93. The van der Waals surface area contributed by atoms with E-state index in [0.717, 1.165) is 19.0 Å². The molecule has 3 heteroatoms. The first-order valence-corrected chi connectivity index (χ1v) is 5.93. The fourth-order valence-corrected chi connectivity index (χ4v) is 2.79. The average molecular weight is 198 g/mol. The van der Waals surface area contributed by atoms with Crippen molar-refractivity contribution in [1.29, 1.82) is 0 Å². The fourth-order valence-electron chi connectivity index (χ4n) is 2.79. The van der Waals surface area contributed by atoms with Crippen LogP contribution in [0.5, 0.6) is 0 Å². The zero-order valence-corrected chi connectivity index (χ0v) is 8.86. The lowest BCUT2D eigenvalue weighted by atomic mass is 9.90. The second-order valence-electron chi connectivity index (χ2n) is 4.77. The Hall–Kier alpha value is -0.120. The standard InChI is InChI=1S/C11H22N2O/c12-9-4-5-11(8-9)13(6-7-14)10-2-1-3-10/h9-11,14H,1-8,12H2. The van der Waals surface area contributed by atoms with Crippen molar-refractivity contribution < 1.29 is 5.11 Å². The summed E-state index contributed by atoms with van der Waals surface area (Å²) in [6.45, 7) is 1.14. The predicted molar refractivity (Wildman–Crippen MR) is 57.0 cm³/mol. The summed E-state index contributed by atoms with van der Waals surface area (Å²) in [5.74, 6) is 0. The summed E-state index contributed by atoms with van der Waals surface area (Å²) in [7, 11) is 0. The van der Waals surface area contributed by atoms with Crippen LogP contribution in [0.15, 0.2) is 0 Å². The molecule has 0 aliphatic heterocycles. The molecule has 0 radical (unpaired) electrons. The highest BCUT2D eigenvalue weighted by Crippen LogP contribution is 2.31. The van der Waals surface area contributed by atoms with E-state index in [-0.39, 0.29) is 0 Å². The van der Waals surface area contributed by atoms with Crippen LogP contribution in [-0.2, 0) is 0 Å². The monoisotopic (exact) mass is 198 g/mol. The maximum Gasteiger partial charge on any atom is 0.0558 e. The molecule has 3 N–H and O–H groups in total. The number of nitrogens with two attached hydrogens (primary N) is 1. The molecule has 82 valence electrons. The Bertz CT molecular complexity index is 182. The normalized spacial score (nSPS) is 33.6. The van der Waals surface area contributed by atoms with Crippen LogP contribution < -0.4 is 5.73 Å². The van der Waals surface area contributed by atoms with E-state index in [1.54, 1.807) is 0 Å². The van der Waals surface area contributed by atoms with E-state index in [0.29, 0.717) is 18.7 Å². The van der Waals surface area contributed by atoms with Gasteiger partial charge in [-0.25, -0.2) is 0 Å². The fraction of sp³-hybridized carbons (Fsp3) is 1.00. The van der Waals surface area contributed by atoms with E-state index in [1.807, 2.05) is 0 Å². The van der Waals surface area contributed by atoms with E-state index in [9.17, 15) is 0 Å². The molecule has 0 spiro atoms. The summed E-state index contributed by atoms with van der Waals surface area (Å²) in [6, 6.07) is 1.81. The molecule has 2 aliphatic rings. The van der Waals surface area contributed by atoms with E-state index in [2.05, 4.69) is 4.90 Å². The lowest BCUT2D eigenvalue weighted by molar-refractivity contribution is 0.0616. The summed E-state index contributed by atoms with van der Waals surface area (Å²) in [5, 5.41) is 9.06. The first kappa shape index (κ1) is 10.4. The molecule has 0 bridgehead atoms. The van der Waals surface area contributed by atoms with Crippen molar-refractivity contribution in [2.45, 2.75) is 56.7 Å². The van der Waals surface area contributed by atoms with E-state index >= 15 is 0 Å². The zero-order valence-electron chi connectivity index (χ0n) is 8.86. The molecule has 0 saturated heterocycles. The van der Waals surface area contributed by atoms with Gasteiger partial charge in [-0.15, -0.1) is 0 Å². The van der Waals surface area contributed by atoms with Crippen molar-refractivity contribution in [3.8, 4) is 0 Å². The van der Waals surface area contributed by atoms with E-state index in [1.165, 1.54) is 32.1 Å². The molecule has 2 aliphatic carbocycles. The highest BCUT2D eigenvalue weighted by molar-refractivity contribution is 4.90. The minimum atomic E-state index is 0.294. The third kappa shape index (κ3) is 2.10. The zero-order chi connectivity index (χ0) is 9.97. The average Bonchev–Trinajstić information content (AvgIpc) is 2.48. The summed E-state index contributed by atoms with van der Waals surface area (Å²) in [4.78, 5) is 2.51. The summed E-state index contributed by atoms with van der Waals surface area (Å²) >= 11 is 0. The van der Waals surface area contributed by atoms with Gasteiger partial charge in [-0.1, -0.05) is 6.42 Å². The highest BCUT2D eigenvalue weighted by Gasteiger charge is 2.33. The molecule has 2 atom stereocenters. The highest BCUT2D eigenvalue weighted by atomic mass is 16.3. The Morgan fingerprint density at radius 1 is 1.14 bits per heavy atom. The summed E-state index contributed by atoms with van der Waals surface area (Å²) < 4.78 is 0. The smallest absolute Gasteiger partial charge is 0.0558 e. The quantitative estimate of drug-likeness (QED) is 0.699. The number of nitrogens with zero attached hydrogens (tertiary/aromatic N) is 1. The first-order chi connectivity index (χ1) is 6.81. The lowest BCUT2D eigenvalue weighted by Gasteiger charge is -2.41. The Morgan fingerprint density at radius 2 is 1.93 bits per heavy atom. The van der Waals surface area contributed by atoms with Gasteiger partial charge < -0.3 is 10.8 Å². The molecule has 0 aromatic rings. The van der Waals surface area contributed by atoms with Crippen LogP contribution in [0.1, 0.15) is 38.5 Å². The molecule has 0 heterocycles. The van der Waals surface area contributed by atoms with Crippen molar-refractivity contribution >= 4 is 0 Å². The van der Waals surface area contributed by atoms with Gasteiger partial charge in [0.25, 0.3) is 0 Å². The molecular formula is C11H22N2O. The summed E-state index contributed by atoms with van der Waals surface area (Å²) in [6.07, 6.45) is 7.55. The number of aliphatic hydroxyl groups is 1. The number of hydrogen-bond acceptors (Lipinski definition) is 3. The van der Waals surface area contributed by atoms with Gasteiger partial charge in [0.1, 0.15) is 0 Å². The van der Waals surface area contributed by atoms with Gasteiger partial charge in [0, 0.05) is 24.7 Å². The Labute approximate surface area is 86.3 Å². The second kappa shape index (κ2) is 4.60. The van der Waals surface area contributed by atoms with Gasteiger partial charge in [0.05, 0.1) is 6.61 Å². The van der Waals surface area contributed by atoms with E-state index < -0.39 is 0 Å². The number of aliphatic hydroxyl groups excluding tert-OH is 1. The largest absolute Gasteiger partial charge is 0.395 e. The van der Waals surface area contributed by atoms with Crippen LogP contribution in [0.4, 0.5) is 0 Å². The van der Waals surface area contributed by atoms with Crippen molar-refractivity contribution in [2.24, 2.45) is 5.73 Å². The van der Waals surface area contributed by atoms with Crippen molar-refractivity contribution in [3.63, 3.8) is 0 Å². The molecule has 2 rings (SSSR count). The molecule has 14 heavy (non-hydrogen) atoms. The van der Waals surface area contributed by atoms with Gasteiger partial charge in [-0.2, -0.15) is 0 Å². The van der Waals surface area contributed by atoms with Gasteiger partial charge in [-0.3, -0.25) is 4.90 Å². The van der Waals surface area contributed by atoms with E-state index in [4.69, 9.17) is 10.8 Å². The Balaban J connectivity index is 1.88. The van der Waals surface area contributed by atoms with Crippen molar-refractivity contribution in [2.75, 3.05) is 13.2 Å². The van der Waals surface area contributed by atoms with Gasteiger partial charge in [0.15, 0.2) is 0 Å². The lowest BCUT2D eigenvalue weighted by Crippen LogP contribution is -2.47. The van der Waals surface area contributed by atoms with Crippen LogP contribution in [0.25, 0.3) is 0 Å². The van der Waals surface area contributed by atoms with Crippen LogP contribution in [-0.4, -0.2) is 41.3 Å². The number of rotatable bonds is 4. The molecule has 2 fully saturated rings. The second-order valence-corrected chi connectivity index (χ2v) is 4.77. The Kier molecular flexibility index (Phi) is 3.42. The third-order valence-electron chi connectivity index (χ3n) is 3.82. The third-order valence-corrected chi connectivity index (χ3v) is 3.82. The van der Waals surface area contributed by atoms with Crippen LogP contribution >= 0.6 is 0 Å². The SMILES string of the molecule is NC1CCC(N(CCO)C2CCC2)C1. The molecule has 0 aromatic heterocycles. The van der Waals surface area contributed by atoms with Crippen molar-refractivity contribution in [3.05, 3.63) is 0 Å². The maximum absolute atomic E-state index is 9.06. The topological polar surface area (TPSA) is 49.5 Å². The minimum absolute atomic E-state index is 0.294. The molecule has 0 aromatic carbocycles. The van der Waals surface area contributed by atoms with Crippen molar-refractivity contribution in [1.82, 2.24) is 4.90 Å². The summed E-state index contributed by atoms with van der Waals surface area (Å²) in [5.41, 5.74) is 5.93. The molecule has 0 amide bonds. The molecular weight excluding hydrogens is 176 g/mol. The van der Waals surface area contributed by atoms with Gasteiger partial charge >= 0.3 is 0 Å². The molecule has 2 unspecified atom stereocenters. The van der Waals surface area contributed by atoms with Gasteiger partial charge in [-0.05, 0) is 32.1 Å². The minimum Gasteiger partial charge on any atom is -0.395 e. The molecule has 2 saturated carbocycles. The van der Waals surface area contributed by atoms with Crippen LogP contribution in [0.2, 0.25) is 0 Å².